The van der Waals surface area contributed by atoms with Gasteiger partial charge in [-0.1, -0.05) is 42.5 Å². The Balaban J connectivity index is 1.77. The maximum Gasteiger partial charge on any atom is 0.236 e. The fourth-order valence-electron chi connectivity index (χ4n) is 3.80. The van der Waals surface area contributed by atoms with Gasteiger partial charge in [0.15, 0.2) is 0 Å². The first-order valence-electron chi connectivity index (χ1n) is 10.1. The predicted octanol–water partition coefficient (Wildman–Crippen LogP) is 2.56. The van der Waals surface area contributed by atoms with E-state index in [1.807, 2.05) is 42.2 Å². The number of nitrogens with zero attached hydrogens (tertiary/aromatic N) is 2. The lowest BCUT2D eigenvalue weighted by Gasteiger charge is -2.23. The molecule has 1 atom stereocenters. The molecule has 0 bridgehead atoms. The number of nitrogens with one attached hydrogen (secondary N) is 1. The lowest BCUT2D eigenvalue weighted by Crippen LogP contribution is -2.41. The van der Waals surface area contributed by atoms with Gasteiger partial charge in [0.05, 0.1) is 12.5 Å². The number of carbonyl (C=O) groups is 2. The molecule has 154 valence electrons. The summed E-state index contributed by atoms with van der Waals surface area (Å²) in [4.78, 5) is 28.9. The molecule has 2 amide bonds. The number of benzene rings is 2. The van der Waals surface area contributed by atoms with Crippen LogP contribution in [0, 0.1) is 11.7 Å². The van der Waals surface area contributed by atoms with Crippen LogP contribution in [-0.4, -0.2) is 61.4 Å². The van der Waals surface area contributed by atoms with Crippen molar-refractivity contribution >= 4 is 11.8 Å². The van der Waals surface area contributed by atoms with Gasteiger partial charge in [0.2, 0.25) is 11.8 Å². The van der Waals surface area contributed by atoms with Crippen molar-refractivity contribution in [3.8, 4) is 11.1 Å². The van der Waals surface area contributed by atoms with E-state index in [4.69, 9.17) is 0 Å². The second-order valence-corrected chi connectivity index (χ2v) is 7.37. The normalized spacial score (nSPS) is 17.3. The van der Waals surface area contributed by atoms with E-state index in [9.17, 15) is 14.0 Å². The fourth-order valence-corrected chi connectivity index (χ4v) is 3.80. The van der Waals surface area contributed by atoms with Crippen LogP contribution < -0.4 is 5.32 Å². The highest BCUT2D eigenvalue weighted by atomic mass is 19.1. The lowest BCUT2D eigenvalue weighted by atomic mass is 9.95. The third kappa shape index (κ3) is 5.01. The highest BCUT2D eigenvalue weighted by molar-refractivity contribution is 5.83. The fraction of sp³-hybridized carbons (Fsp3) is 0.391. The van der Waals surface area contributed by atoms with Crippen molar-refractivity contribution in [1.82, 2.24) is 15.1 Å². The summed E-state index contributed by atoms with van der Waals surface area (Å²) in [6, 6.07) is 14.3. The molecule has 5 nitrogen and oxygen atoms in total. The van der Waals surface area contributed by atoms with Gasteiger partial charge < -0.3 is 15.1 Å². The van der Waals surface area contributed by atoms with Gasteiger partial charge in [0.25, 0.3) is 0 Å². The number of halogens is 1. The van der Waals surface area contributed by atoms with Gasteiger partial charge in [0, 0.05) is 31.7 Å². The lowest BCUT2D eigenvalue weighted by molar-refractivity contribution is -0.134. The molecule has 29 heavy (non-hydrogen) atoms. The Bertz CT molecular complexity index is 853. The first-order valence-corrected chi connectivity index (χ1v) is 10.1. The van der Waals surface area contributed by atoms with Crippen molar-refractivity contribution in [2.24, 2.45) is 5.92 Å². The van der Waals surface area contributed by atoms with Crippen LogP contribution in [0.1, 0.15) is 12.5 Å². The molecule has 0 aliphatic carbocycles. The van der Waals surface area contributed by atoms with Gasteiger partial charge in [-0.2, -0.15) is 0 Å². The Labute approximate surface area is 171 Å². The summed E-state index contributed by atoms with van der Waals surface area (Å²) >= 11 is 0. The second kappa shape index (κ2) is 9.65. The zero-order valence-corrected chi connectivity index (χ0v) is 17.0. The van der Waals surface area contributed by atoms with Crippen LogP contribution in [-0.2, 0) is 16.0 Å². The number of rotatable bonds is 6. The second-order valence-electron chi connectivity index (χ2n) is 7.37. The molecule has 1 saturated heterocycles. The molecule has 2 aromatic carbocycles. The van der Waals surface area contributed by atoms with Gasteiger partial charge in [-0.3, -0.25) is 9.59 Å². The Morgan fingerprint density at radius 3 is 2.52 bits per heavy atom. The SMILES string of the molecule is CCN1CCN(C(=O)CNC)CC(Cc2ccc(-c3ccccc3F)cc2)C1=O. The van der Waals surface area contributed by atoms with E-state index >= 15 is 0 Å². The molecular formula is C23H28FN3O2. The average Bonchev–Trinajstić information content (AvgIpc) is 2.88. The first-order chi connectivity index (χ1) is 14.0. The van der Waals surface area contributed by atoms with Crippen LogP contribution in [0.5, 0.6) is 0 Å². The molecule has 0 spiro atoms. The van der Waals surface area contributed by atoms with E-state index in [1.54, 1.807) is 24.1 Å². The van der Waals surface area contributed by atoms with E-state index in [0.717, 1.165) is 11.1 Å². The molecule has 1 aliphatic rings. The number of amides is 2. The number of likely N-dealkylation sites (N-methyl/N-ethyl adjacent to an activating group) is 2. The molecule has 2 aromatic rings. The van der Waals surface area contributed by atoms with Crippen molar-refractivity contribution in [3.05, 3.63) is 59.9 Å². The van der Waals surface area contributed by atoms with Crippen LogP contribution in [0.4, 0.5) is 4.39 Å². The highest BCUT2D eigenvalue weighted by Gasteiger charge is 2.31. The van der Waals surface area contributed by atoms with Gasteiger partial charge in [-0.25, -0.2) is 4.39 Å². The minimum Gasteiger partial charge on any atom is -0.341 e. The van der Waals surface area contributed by atoms with Gasteiger partial charge in [0.1, 0.15) is 5.82 Å². The minimum absolute atomic E-state index is 0.0122. The third-order valence-electron chi connectivity index (χ3n) is 5.42. The number of hydrogen-bond acceptors (Lipinski definition) is 3. The summed E-state index contributed by atoms with van der Waals surface area (Å²) in [5, 5.41) is 2.89. The standard InChI is InChI=1S/C23H28FN3O2/c1-3-26-12-13-27(22(28)15-25-2)16-19(23(26)29)14-17-8-10-18(11-9-17)20-6-4-5-7-21(20)24/h4-11,19,25H,3,12-16H2,1-2H3. The topological polar surface area (TPSA) is 52.6 Å². The summed E-state index contributed by atoms with van der Waals surface area (Å²) in [6.07, 6.45) is 0.552. The van der Waals surface area contributed by atoms with E-state index < -0.39 is 0 Å². The zero-order chi connectivity index (χ0) is 20.8. The zero-order valence-electron chi connectivity index (χ0n) is 17.0. The molecule has 0 aromatic heterocycles. The molecule has 0 radical (unpaired) electrons. The quantitative estimate of drug-likeness (QED) is 0.815. The van der Waals surface area contributed by atoms with Crippen LogP contribution in [0.3, 0.4) is 0 Å². The summed E-state index contributed by atoms with van der Waals surface area (Å²) in [5.41, 5.74) is 2.37. The van der Waals surface area contributed by atoms with Gasteiger partial charge in [-0.05, 0) is 37.6 Å². The van der Waals surface area contributed by atoms with Crippen molar-refractivity contribution < 1.29 is 14.0 Å². The van der Waals surface area contributed by atoms with Crippen molar-refractivity contribution in [3.63, 3.8) is 0 Å². The van der Waals surface area contributed by atoms with Gasteiger partial charge in [-0.15, -0.1) is 0 Å². The Kier molecular flexibility index (Phi) is 6.99. The maximum atomic E-state index is 14.0. The summed E-state index contributed by atoms with van der Waals surface area (Å²) in [5.74, 6) is -0.433. The van der Waals surface area contributed by atoms with Crippen molar-refractivity contribution in [1.29, 1.82) is 0 Å². The molecule has 0 saturated carbocycles. The molecule has 1 unspecified atom stereocenters. The Hall–Kier alpha value is -2.73. The molecule has 1 fully saturated rings. The third-order valence-corrected chi connectivity index (χ3v) is 5.42. The van der Waals surface area contributed by atoms with Crippen molar-refractivity contribution in [2.45, 2.75) is 13.3 Å². The highest BCUT2D eigenvalue weighted by Crippen LogP contribution is 2.24. The largest absolute Gasteiger partial charge is 0.341 e. The van der Waals surface area contributed by atoms with E-state index in [0.29, 0.717) is 38.2 Å². The van der Waals surface area contributed by atoms with Crippen LogP contribution in [0.15, 0.2) is 48.5 Å². The first kappa shape index (κ1) is 21.0. The molecule has 1 aliphatic heterocycles. The summed E-state index contributed by atoms with van der Waals surface area (Å²) in [7, 11) is 1.74. The molecule has 1 heterocycles. The molecule has 6 heteroatoms. The molecule has 3 rings (SSSR count). The van der Waals surface area contributed by atoms with E-state index in [1.165, 1.54) is 6.07 Å². The Morgan fingerprint density at radius 2 is 1.86 bits per heavy atom. The van der Waals surface area contributed by atoms with Gasteiger partial charge >= 0.3 is 0 Å². The summed E-state index contributed by atoms with van der Waals surface area (Å²) in [6.45, 7) is 4.41. The average molecular weight is 397 g/mol. The number of hydrogen-bond donors (Lipinski definition) is 1. The smallest absolute Gasteiger partial charge is 0.236 e. The minimum atomic E-state index is -0.280. The maximum absolute atomic E-state index is 14.0. The van der Waals surface area contributed by atoms with Crippen LogP contribution in [0.25, 0.3) is 11.1 Å². The van der Waals surface area contributed by atoms with E-state index in [-0.39, 0.29) is 30.1 Å². The predicted molar refractivity (Wildman–Crippen MR) is 112 cm³/mol. The monoisotopic (exact) mass is 397 g/mol. The number of carbonyl (C=O) groups excluding carboxylic acids is 2. The van der Waals surface area contributed by atoms with Crippen LogP contribution >= 0.6 is 0 Å². The molecular weight excluding hydrogens is 369 g/mol. The van der Waals surface area contributed by atoms with Crippen LogP contribution in [0.2, 0.25) is 0 Å². The molecule has 1 N–H and O–H groups in total. The summed E-state index contributed by atoms with van der Waals surface area (Å²) < 4.78 is 14.0. The Morgan fingerprint density at radius 1 is 1.14 bits per heavy atom. The van der Waals surface area contributed by atoms with Crippen molar-refractivity contribution in [2.75, 3.05) is 39.8 Å². The van der Waals surface area contributed by atoms with E-state index in [2.05, 4.69) is 5.32 Å².